The Morgan fingerprint density at radius 2 is 1.94 bits per heavy atom. The van der Waals surface area contributed by atoms with E-state index >= 15 is 0 Å². The number of urea groups is 1. The monoisotopic (exact) mass is 481 g/mol. The van der Waals surface area contributed by atoms with Crippen LogP contribution < -0.4 is 10.1 Å². The van der Waals surface area contributed by atoms with Crippen LogP contribution in [0.15, 0.2) is 36.4 Å². The molecule has 7 nitrogen and oxygen atoms in total. The summed E-state index contributed by atoms with van der Waals surface area (Å²) in [6.45, 7) is 3.22. The number of ether oxygens (including phenoxy) is 1. The van der Waals surface area contributed by atoms with Gasteiger partial charge >= 0.3 is 6.03 Å². The number of imide groups is 1. The minimum Gasteiger partial charge on any atom is -0.494 e. The van der Waals surface area contributed by atoms with Crippen molar-refractivity contribution >= 4 is 41.0 Å². The SMILES string of the molecule is CCN(Cc1ccc(OC)c(F)c1)C(=O)CN1C(=O)NC(C)(c2ccc(Cl)cc2Cl)C1=O. The van der Waals surface area contributed by atoms with E-state index in [0.29, 0.717) is 22.7 Å². The van der Waals surface area contributed by atoms with Gasteiger partial charge in [-0.1, -0.05) is 35.3 Å². The number of halogens is 3. The molecule has 0 radical (unpaired) electrons. The van der Waals surface area contributed by atoms with Gasteiger partial charge in [-0.05, 0) is 43.7 Å². The van der Waals surface area contributed by atoms with Crippen LogP contribution in [0.5, 0.6) is 5.75 Å². The third-order valence-electron chi connectivity index (χ3n) is 5.36. The van der Waals surface area contributed by atoms with Gasteiger partial charge in [0.05, 0.1) is 7.11 Å². The van der Waals surface area contributed by atoms with Crippen LogP contribution in [0.1, 0.15) is 25.0 Å². The van der Waals surface area contributed by atoms with Crippen molar-refractivity contribution < 1.29 is 23.5 Å². The summed E-state index contributed by atoms with van der Waals surface area (Å²) in [7, 11) is 1.36. The molecule has 10 heteroatoms. The number of methoxy groups -OCH3 is 1. The molecule has 3 rings (SSSR count). The van der Waals surface area contributed by atoms with Crippen molar-refractivity contribution in [3.63, 3.8) is 0 Å². The standard InChI is InChI=1S/C22H22Cl2FN3O4/c1-4-27(11-13-5-8-18(32-3)17(25)9-13)19(29)12-28-20(30)22(2,26-21(28)31)15-7-6-14(23)10-16(15)24/h5-10H,4,11-12H2,1-3H3,(H,26,31). The first-order valence-electron chi connectivity index (χ1n) is 9.80. The number of hydrogen-bond acceptors (Lipinski definition) is 4. The van der Waals surface area contributed by atoms with Crippen LogP contribution in [0, 0.1) is 5.82 Å². The summed E-state index contributed by atoms with van der Waals surface area (Å²) in [6.07, 6.45) is 0. The Balaban J connectivity index is 1.76. The molecule has 0 saturated carbocycles. The molecule has 1 heterocycles. The molecule has 2 aromatic carbocycles. The van der Waals surface area contributed by atoms with Crippen molar-refractivity contribution in [2.45, 2.75) is 25.9 Å². The van der Waals surface area contributed by atoms with Crippen LogP contribution in [-0.2, 0) is 21.7 Å². The first-order valence-corrected chi connectivity index (χ1v) is 10.6. The molecule has 1 aliphatic heterocycles. The lowest BCUT2D eigenvalue weighted by molar-refractivity contribution is -0.139. The summed E-state index contributed by atoms with van der Waals surface area (Å²) >= 11 is 12.2. The van der Waals surface area contributed by atoms with Gasteiger partial charge in [0.1, 0.15) is 12.1 Å². The molecule has 0 spiro atoms. The second-order valence-corrected chi connectivity index (χ2v) is 8.29. The van der Waals surface area contributed by atoms with Gasteiger partial charge in [-0.2, -0.15) is 0 Å². The van der Waals surface area contributed by atoms with Crippen LogP contribution in [0.2, 0.25) is 10.0 Å². The maximum absolute atomic E-state index is 14.0. The lowest BCUT2D eigenvalue weighted by Crippen LogP contribution is -2.44. The summed E-state index contributed by atoms with van der Waals surface area (Å²) in [5.41, 5.74) is -0.513. The minimum absolute atomic E-state index is 0.0996. The number of carbonyl (C=O) groups is 3. The van der Waals surface area contributed by atoms with Crippen LogP contribution in [0.3, 0.4) is 0 Å². The van der Waals surface area contributed by atoms with Gasteiger partial charge in [-0.3, -0.25) is 14.5 Å². The number of rotatable bonds is 7. The number of nitrogens with zero attached hydrogens (tertiary/aromatic N) is 2. The zero-order valence-electron chi connectivity index (χ0n) is 17.7. The fraction of sp³-hybridized carbons (Fsp3) is 0.318. The predicted molar refractivity (Wildman–Crippen MR) is 118 cm³/mol. The lowest BCUT2D eigenvalue weighted by Gasteiger charge is -2.25. The number of hydrogen-bond donors (Lipinski definition) is 1. The maximum atomic E-state index is 14.0. The lowest BCUT2D eigenvalue weighted by atomic mass is 9.92. The Morgan fingerprint density at radius 3 is 2.53 bits per heavy atom. The van der Waals surface area contributed by atoms with Crippen LogP contribution >= 0.6 is 23.2 Å². The highest BCUT2D eigenvalue weighted by atomic mass is 35.5. The van der Waals surface area contributed by atoms with Crippen molar-refractivity contribution in [1.29, 1.82) is 0 Å². The van der Waals surface area contributed by atoms with E-state index in [1.807, 2.05) is 0 Å². The number of likely N-dealkylation sites (N-methyl/N-ethyl adjacent to an activating group) is 1. The van der Waals surface area contributed by atoms with Crippen molar-refractivity contribution in [1.82, 2.24) is 15.1 Å². The number of nitrogens with one attached hydrogen (secondary N) is 1. The molecule has 1 aliphatic rings. The third kappa shape index (κ3) is 4.52. The van der Waals surface area contributed by atoms with E-state index in [-0.39, 0.29) is 17.3 Å². The van der Waals surface area contributed by atoms with E-state index in [2.05, 4.69) is 5.32 Å². The Hall–Kier alpha value is -2.84. The van der Waals surface area contributed by atoms with E-state index in [9.17, 15) is 18.8 Å². The molecule has 170 valence electrons. The van der Waals surface area contributed by atoms with E-state index in [1.54, 1.807) is 25.1 Å². The molecule has 2 aromatic rings. The normalized spacial score (nSPS) is 18.0. The van der Waals surface area contributed by atoms with E-state index in [0.717, 1.165) is 4.90 Å². The zero-order valence-corrected chi connectivity index (χ0v) is 19.3. The molecule has 1 unspecified atom stereocenters. The van der Waals surface area contributed by atoms with E-state index < -0.39 is 35.7 Å². The summed E-state index contributed by atoms with van der Waals surface area (Å²) in [5, 5.41) is 3.22. The second-order valence-electron chi connectivity index (χ2n) is 7.45. The highest BCUT2D eigenvalue weighted by molar-refractivity contribution is 6.35. The molecule has 4 amide bonds. The second kappa shape index (κ2) is 9.34. The largest absolute Gasteiger partial charge is 0.494 e. The number of amides is 4. The highest BCUT2D eigenvalue weighted by Gasteiger charge is 2.50. The Bertz CT molecular complexity index is 1080. The first kappa shape index (κ1) is 23.8. The molecule has 1 N–H and O–H groups in total. The quantitative estimate of drug-likeness (QED) is 0.607. The summed E-state index contributed by atoms with van der Waals surface area (Å²) in [5.74, 6) is -1.51. The molecule has 1 saturated heterocycles. The van der Waals surface area contributed by atoms with Crippen molar-refractivity contribution in [2.75, 3.05) is 20.2 Å². The van der Waals surface area contributed by atoms with Crippen molar-refractivity contribution in [3.05, 3.63) is 63.4 Å². The predicted octanol–water partition coefficient (Wildman–Crippen LogP) is 3.96. The van der Waals surface area contributed by atoms with Gasteiger partial charge in [-0.15, -0.1) is 0 Å². The van der Waals surface area contributed by atoms with Crippen LogP contribution in [0.4, 0.5) is 9.18 Å². The fourth-order valence-electron chi connectivity index (χ4n) is 3.56. The maximum Gasteiger partial charge on any atom is 0.325 e. The Morgan fingerprint density at radius 1 is 1.22 bits per heavy atom. The molecule has 1 atom stereocenters. The highest BCUT2D eigenvalue weighted by Crippen LogP contribution is 2.35. The average Bonchev–Trinajstić information content (AvgIpc) is 2.95. The first-order chi connectivity index (χ1) is 15.1. The third-order valence-corrected chi connectivity index (χ3v) is 5.91. The zero-order chi connectivity index (χ0) is 23.6. The summed E-state index contributed by atoms with van der Waals surface area (Å²) in [6, 6.07) is 8.29. The molecule has 0 bridgehead atoms. The summed E-state index contributed by atoms with van der Waals surface area (Å²) < 4.78 is 18.9. The van der Waals surface area contributed by atoms with Gasteiger partial charge in [0.25, 0.3) is 5.91 Å². The van der Waals surface area contributed by atoms with Gasteiger partial charge in [0.2, 0.25) is 5.91 Å². The Kier molecular flexibility index (Phi) is 6.95. The topological polar surface area (TPSA) is 79.0 Å². The minimum atomic E-state index is -1.44. The van der Waals surface area contributed by atoms with Crippen molar-refractivity contribution in [3.8, 4) is 5.75 Å². The number of benzene rings is 2. The van der Waals surface area contributed by atoms with Gasteiger partial charge < -0.3 is 15.0 Å². The van der Waals surface area contributed by atoms with Crippen LogP contribution in [0.25, 0.3) is 0 Å². The van der Waals surface area contributed by atoms with Gasteiger partial charge in [-0.25, -0.2) is 9.18 Å². The molecule has 0 aliphatic carbocycles. The molecule has 0 aromatic heterocycles. The van der Waals surface area contributed by atoms with Gasteiger partial charge in [0.15, 0.2) is 11.6 Å². The Labute approximate surface area is 195 Å². The van der Waals surface area contributed by atoms with Crippen LogP contribution in [-0.4, -0.2) is 47.8 Å². The average molecular weight is 482 g/mol. The van der Waals surface area contributed by atoms with Gasteiger partial charge in [0, 0.05) is 28.7 Å². The van der Waals surface area contributed by atoms with E-state index in [4.69, 9.17) is 27.9 Å². The summed E-state index contributed by atoms with van der Waals surface area (Å²) in [4.78, 5) is 40.8. The smallest absolute Gasteiger partial charge is 0.325 e. The molecule has 1 fully saturated rings. The number of carbonyl (C=O) groups excluding carboxylic acids is 3. The van der Waals surface area contributed by atoms with E-state index in [1.165, 1.54) is 37.1 Å². The molecular formula is C22H22Cl2FN3O4. The molecular weight excluding hydrogens is 460 g/mol. The fourth-order valence-corrected chi connectivity index (χ4v) is 4.16. The molecule has 32 heavy (non-hydrogen) atoms. The van der Waals surface area contributed by atoms with Crippen molar-refractivity contribution in [2.24, 2.45) is 0 Å².